The van der Waals surface area contributed by atoms with E-state index in [1.807, 2.05) is 45.2 Å². The highest BCUT2D eigenvalue weighted by atomic mass is 35.5. The zero-order valence-electron chi connectivity index (χ0n) is 34.6. The zero-order chi connectivity index (χ0) is 40.5. The van der Waals surface area contributed by atoms with Crippen LogP contribution >= 0.6 is 11.6 Å². The van der Waals surface area contributed by atoms with Crippen LogP contribution in [0, 0.1) is 11.8 Å². The molecule has 0 bridgehead atoms. The summed E-state index contributed by atoms with van der Waals surface area (Å²) in [5.74, 6) is 1.58. The molecule has 2 aromatic rings. The van der Waals surface area contributed by atoms with Crippen LogP contribution in [0.15, 0.2) is 48.6 Å². The van der Waals surface area contributed by atoms with Crippen molar-refractivity contribution in [3.8, 4) is 5.75 Å². The number of aldehydes is 2. The number of benzene rings is 2. The highest BCUT2D eigenvalue weighted by Gasteiger charge is 2.50. The number of piperazine rings is 1. The Morgan fingerprint density at radius 3 is 2.59 bits per heavy atom. The maximum atomic E-state index is 12.0. The molecule has 6 rings (SSSR count). The molecule has 1 N–H and O–H groups in total. The predicted octanol–water partition coefficient (Wildman–Crippen LogP) is 6.50. The topological polar surface area (TPSA) is 101 Å². The van der Waals surface area contributed by atoms with Crippen LogP contribution in [0.2, 0.25) is 5.02 Å². The van der Waals surface area contributed by atoms with Gasteiger partial charge >= 0.3 is 0 Å². The van der Waals surface area contributed by atoms with E-state index in [1.54, 1.807) is 14.0 Å². The normalized spacial score (nSPS) is 26.2. The number of likely N-dealkylation sites (N-methyl/N-ethyl adjacent to an activating group) is 1. The van der Waals surface area contributed by atoms with Crippen molar-refractivity contribution in [3.63, 3.8) is 0 Å². The summed E-state index contributed by atoms with van der Waals surface area (Å²) in [7, 11) is 4.88. The molecule has 4 aliphatic rings. The van der Waals surface area contributed by atoms with E-state index in [0.717, 1.165) is 107 Å². The molecule has 10 nitrogen and oxygen atoms in total. The van der Waals surface area contributed by atoms with Crippen molar-refractivity contribution in [2.45, 2.75) is 94.6 Å². The third-order valence-electron chi connectivity index (χ3n) is 12.4. The number of nitrogens with zero attached hydrogens (tertiary/aromatic N) is 3. The molecule has 1 spiro atoms. The van der Waals surface area contributed by atoms with Gasteiger partial charge in [-0.2, -0.15) is 0 Å². The van der Waals surface area contributed by atoms with Crippen LogP contribution in [-0.2, 0) is 37.1 Å². The van der Waals surface area contributed by atoms with E-state index in [9.17, 15) is 13.8 Å². The van der Waals surface area contributed by atoms with Crippen molar-refractivity contribution in [2.24, 2.45) is 11.8 Å². The van der Waals surface area contributed by atoms with Crippen molar-refractivity contribution in [1.82, 2.24) is 14.5 Å². The highest BCUT2D eigenvalue weighted by Crippen LogP contribution is 2.49. The molecule has 56 heavy (non-hydrogen) atoms. The van der Waals surface area contributed by atoms with Crippen LogP contribution in [0.3, 0.4) is 0 Å². The number of hydrogen-bond acceptors (Lipinski definition) is 9. The minimum Gasteiger partial charge on any atom is -0.490 e. The Morgan fingerprint density at radius 2 is 1.95 bits per heavy atom. The van der Waals surface area contributed by atoms with Crippen LogP contribution in [-0.4, -0.2) is 123 Å². The van der Waals surface area contributed by atoms with E-state index in [0.29, 0.717) is 30.6 Å². The Bertz CT molecular complexity index is 1680. The first-order valence-corrected chi connectivity index (χ1v) is 22.1. The first-order chi connectivity index (χ1) is 26.9. The lowest BCUT2D eigenvalue weighted by molar-refractivity contribution is -0.119. The monoisotopic (exact) mass is 812 g/mol. The Labute approximate surface area is 343 Å². The second-order valence-corrected chi connectivity index (χ2v) is 18.8. The summed E-state index contributed by atoms with van der Waals surface area (Å²) in [4.78, 5) is 30.6. The number of anilines is 1. The number of nitrogens with one attached hydrogen (secondary N) is 1. The average molecular weight is 814 g/mol. The van der Waals surface area contributed by atoms with Gasteiger partial charge in [0.1, 0.15) is 30.0 Å². The third-order valence-corrected chi connectivity index (χ3v) is 13.9. The number of hydrogen-bond donors (Lipinski definition) is 1. The van der Waals surface area contributed by atoms with Gasteiger partial charge in [0.15, 0.2) is 0 Å². The second kappa shape index (κ2) is 20.4. The molecule has 2 aliphatic heterocycles. The van der Waals surface area contributed by atoms with E-state index < -0.39 is 22.7 Å². The third kappa shape index (κ3) is 10.5. The lowest BCUT2D eigenvalue weighted by Gasteiger charge is -2.52. The number of ether oxygens (including phenoxy) is 3. The Balaban J connectivity index is 0.000000784. The van der Waals surface area contributed by atoms with Crippen molar-refractivity contribution in [2.75, 3.05) is 78.6 Å². The number of aryl methyl sites for hydroxylation is 1. The molecule has 1 saturated heterocycles. The van der Waals surface area contributed by atoms with Crippen LogP contribution in [0.5, 0.6) is 5.75 Å². The minimum absolute atomic E-state index is 0.170. The van der Waals surface area contributed by atoms with Gasteiger partial charge in [-0.1, -0.05) is 36.7 Å². The molecular formula is C44H65ClN4O6S. The molecule has 7 atom stereocenters. The summed E-state index contributed by atoms with van der Waals surface area (Å²) in [5, 5.41) is 1.01. The molecule has 310 valence electrons. The minimum atomic E-state index is -0.829. The summed E-state index contributed by atoms with van der Waals surface area (Å²) >= 11 is 6.48. The van der Waals surface area contributed by atoms with Crippen molar-refractivity contribution in [3.05, 3.63) is 70.3 Å². The van der Waals surface area contributed by atoms with Gasteiger partial charge in [-0.15, -0.1) is 0 Å². The van der Waals surface area contributed by atoms with Gasteiger partial charge in [0.25, 0.3) is 0 Å². The molecule has 0 radical (unpaired) electrons. The number of carbonyl (C=O) groups is 2. The van der Waals surface area contributed by atoms with Crippen LogP contribution in [0.4, 0.5) is 5.69 Å². The van der Waals surface area contributed by atoms with Crippen molar-refractivity contribution in [1.29, 1.82) is 0 Å². The molecular weight excluding hydrogens is 748 g/mol. The summed E-state index contributed by atoms with van der Waals surface area (Å²) < 4.78 is 32.3. The van der Waals surface area contributed by atoms with Crippen molar-refractivity contribution < 1.29 is 28.0 Å². The highest BCUT2D eigenvalue weighted by molar-refractivity contribution is 7.83. The number of fused-ring (bicyclic) bond motifs is 3. The van der Waals surface area contributed by atoms with Crippen molar-refractivity contribution >= 4 is 40.8 Å². The van der Waals surface area contributed by atoms with Gasteiger partial charge in [-0.3, -0.25) is 14.6 Å². The lowest BCUT2D eigenvalue weighted by atomic mass is 9.63. The van der Waals surface area contributed by atoms with Gasteiger partial charge < -0.3 is 23.9 Å². The van der Waals surface area contributed by atoms with Gasteiger partial charge in [0.05, 0.1) is 29.9 Å². The van der Waals surface area contributed by atoms with Crippen LogP contribution in [0.25, 0.3) is 0 Å². The van der Waals surface area contributed by atoms with Gasteiger partial charge in [-0.05, 0) is 127 Å². The number of carbonyl (C=O) groups excluding carboxylic acids is 2. The number of halogens is 1. The number of methoxy groups -OCH3 is 1. The standard InChI is InChI=1S/C40H54ClN3O5.C4H11NOS/c1-5-6-16-40(47-4,27-43-18-17-42(3)34(22-43)25-48-29(2)23-45)36-12-10-32(36)21-44-26-39(15-7-8-31-20-33(41)11-13-35(31)39)28-49-38-14-9-30(24-46)19-37(38)44;1-4(2)7(6)5-3/h6,9,11,13-14,16,19-20,23-24,29,32,34,36H,5,7-8,10,12,15,17-18,21-22,25-28H2,1-4H3;4-5H,1-3H3/b16-6+;/t29?,32?,34?,36?,39-,40+;/m0./s1. The first-order valence-electron chi connectivity index (χ1n) is 20.5. The Kier molecular flexibility index (Phi) is 16.2. The molecule has 2 aromatic carbocycles. The smallest absolute Gasteiger partial charge is 0.150 e. The van der Waals surface area contributed by atoms with E-state index in [-0.39, 0.29) is 16.7 Å². The Hall–Kier alpha value is -2.64. The van der Waals surface area contributed by atoms with Crippen LogP contribution < -0.4 is 14.4 Å². The molecule has 2 fully saturated rings. The summed E-state index contributed by atoms with van der Waals surface area (Å²) in [6, 6.07) is 12.4. The fourth-order valence-electron chi connectivity index (χ4n) is 9.03. The SMILES string of the molecule is CC/C=C/[C@](CN1CCN(C)C(COC(C)C=O)C1)(OC)C1CCC1CN1C[C@@]2(CCCc3cc(Cl)ccc32)COc2ccc(C=O)cc21.CNS(=O)C(C)C. The van der Waals surface area contributed by atoms with Gasteiger partial charge in [0, 0.05) is 73.7 Å². The van der Waals surface area contributed by atoms with Gasteiger partial charge in [-0.25, -0.2) is 8.93 Å². The van der Waals surface area contributed by atoms with E-state index in [1.165, 1.54) is 11.1 Å². The Morgan fingerprint density at radius 1 is 1.14 bits per heavy atom. The quantitative estimate of drug-likeness (QED) is 0.160. The van der Waals surface area contributed by atoms with E-state index in [4.69, 9.17) is 25.8 Å². The fraction of sp³-hybridized carbons (Fsp3) is 0.636. The number of rotatable bonds is 15. The maximum absolute atomic E-state index is 12.0. The largest absolute Gasteiger partial charge is 0.490 e. The van der Waals surface area contributed by atoms with Gasteiger partial charge in [0.2, 0.25) is 0 Å². The molecule has 1 saturated carbocycles. The maximum Gasteiger partial charge on any atom is 0.150 e. The molecule has 0 amide bonds. The van der Waals surface area contributed by atoms with E-state index in [2.05, 4.69) is 57.7 Å². The predicted molar refractivity (Wildman–Crippen MR) is 228 cm³/mol. The van der Waals surface area contributed by atoms with Crippen LogP contribution in [0.1, 0.15) is 81.3 Å². The average Bonchev–Trinajstić information content (AvgIpc) is 3.34. The molecule has 2 heterocycles. The van der Waals surface area contributed by atoms with E-state index >= 15 is 0 Å². The first kappa shape index (κ1) is 44.5. The summed E-state index contributed by atoms with van der Waals surface area (Å²) in [6.07, 6.45) is 12.3. The fourth-order valence-corrected chi connectivity index (χ4v) is 9.70. The molecule has 0 aromatic heterocycles. The molecule has 5 unspecified atom stereocenters. The number of allylic oxidation sites excluding steroid dienone is 1. The second-order valence-electron chi connectivity index (χ2n) is 16.5. The lowest BCUT2D eigenvalue weighted by Crippen LogP contribution is -2.61. The summed E-state index contributed by atoms with van der Waals surface area (Å²) in [6.45, 7) is 14.2. The summed E-state index contributed by atoms with van der Waals surface area (Å²) in [5.41, 5.74) is 3.73. The zero-order valence-corrected chi connectivity index (χ0v) is 36.2. The molecule has 2 aliphatic carbocycles. The molecule has 12 heteroatoms.